The van der Waals surface area contributed by atoms with Crippen LogP contribution in [0.1, 0.15) is 25.0 Å². The number of pyridine rings is 2. The van der Waals surface area contributed by atoms with Gasteiger partial charge < -0.3 is 15.1 Å². The minimum Gasteiger partial charge on any atom is -0.325 e. The fourth-order valence-corrected chi connectivity index (χ4v) is 4.36. The molecule has 2 aromatic rings. The number of anilines is 2. The second-order valence-corrected chi connectivity index (χ2v) is 8.65. The molecule has 168 valence electrons. The summed E-state index contributed by atoms with van der Waals surface area (Å²) < 4.78 is 0. The standard InChI is InChI=1S/C24H37N7/c1-3-28-9-13-30(14-10-28)19-21-5-7-23(25-17-21)27-24-8-6-22(18-26-24)20-31-15-11-29(4-2)12-16-31/h5-8,17-18H,3-4,9-16,19-20H2,1-2H3,(H,25,26,27). The maximum atomic E-state index is 4.60. The molecule has 0 atom stereocenters. The van der Waals surface area contributed by atoms with Gasteiger partial charge in [0.2, 0.25) is 0 Å². The van der Waals surface area contributed by atoms with Crippen LogP contribution in [0.5, 0.6) is 0 Å². The molecule has 2 aromatic heterocycles. The van der Waals surface area contributed by atoms with Gasteiger partial charge in [-0.3, -0.25) is 9.80 Å². The molecule has 0 radical (unpaired) electrons. The Kier molecular flexibility index (Phi) is 7.86. The van der Waals surface area contributed by atoms with Crippen molar-refractivity contribution in [1.82, 2.24) is 29.6 Å². The Bertz CT molecular complexity index is 709. The SMILES string of the molecule is CCN1CCN(Cc2ccc(Nc3ccc(CN4CCN(CC)CC4)cn3)nc2)CC1. The van der Waals surface area contributed by atoms with Crippen LogP contribution in [-0.4, -0.2) is 95.0 Å². The largest absolute Gasteiger partial charge is 0.325 e. The Balaban J connectivity index is 1.24. The second-order valence-electron chi connectivity index (χ2n) is 8.65. The average Bonchev–Trinajstić information content (AvgIpc) is 2.82. The number of aromatic nitrogens is 2. The van der Waals surface area contributed by atoms with Crippen molar-refractivity contribution >= 4 is 11.6 Å². The zero-order valence-electron chi connectivity index (χ0n) is 19.1. The fraction of sp³-hybridized carbons (Fsp3) is 0.583. The van der Waals surface area contributed by atoms with Crippen LogP contribution in [0.4, 0.5) is 11.6 Å². The van der Waals surface area contributed by atoms with Gasteiger partial charge >= 0.3 is 0 Å². The first-order valence-electron chi connectivity index (χ1n) is 11.8. The van der Waals surface area contributed by atoms with Gasteiger partial charge in [0.15, 0.2) is 0 Å². The van der Waals surface area contributed by atoms with Crippen molar-refractivity contribution in [2.45, 2.75) is 26.9 Å². The molecular formula is C24H37N7. The van der Waals surface area contributed by atoms with Crippen LogP contribution < -0.4 is 5.32 Å². The Labute approximate surface area is 187 Å². The third-order valence-corrected chi connectivity index (χ3v) is 6.54. The second kappa shape index (κ2) is 11.0. The van der Waals surface area contributed by atoms with E-state index in [0.717, 1.165) is 64.0 Å². The molecule has 7 heteroatoms. The summed E-state index contributed by atoms with van der Waals surface area (Å²) in [4.78, 5) is 19.2. The molecule has 4 heterocycles. The summed E-state index contributed by atoms with van der Waals surface area (Å²) in [5.41, 5.74) is 2.53. The molecule has 2 aliphatic rings. The molecule has 7 nitrogen and oxygen atoms in total. The van der Waals surface area contributed by atoms with E-state index in [-0.39, 0.29) is 0 Å². The van der Waals surface area contributed by atoms with Crippen LogP contribution in [0.15, 0.2) is 36.7 Å². The van der Waals surface area contributed by atoms with E-state index in [1.54, 1.807) is 0 Å². The molecular weight excluding hydrogens is 386 g/mol. The first-order valence-corrected chi connectivity index (χ1v) is 11.8. The fourth-order valence-electron chi connectivity index (χ4n) is 4.36. The first kappa shape index (κ1) is 22.1. The van der Waals surface area contributed by atoms with Gasteiger partial charge in [-0.25, -0.2) is 9.97 Å². The predicted molar refractivity (Wildman–Crippen MR) is 127 cm³/mol. The summed E-state index contributed by atoms with van der Waals surface area (Å²) in [6.07, 6.45) is 3.97. The van der Waals surface area contributed by atoms with E-state index < -0.39 is 0 Å². The molecule has 0 amide bonds. The van der Waals surface area contributed by atoms with Crippen LogP contribution in [0.25, 0.3) is 0 Å². The minimum absolute atomic E-state index is 0.843. The maximum absolute atomic E-state index is 4.60. The third-order valence-electron chi connectivity index (χ3n) is 6.54. The van der Waals surface area contributed by atoms with Gasteiger partial charge in [-0.2, -0.15) is 0 Å². The maximum Gasteiger partial charge on any atom is 0.131 e. The summed E-state index contributed by atoms with van der Waals surface area (Å²) in [5, 5.41) is 3.33. The average molecular weight is 424 g/mol. The van der Waals surface area contributed by atoms with Crippen molar-refractivity contribution in [2.75, 3.05) is 70.8 Å². The molecule has 0 bridgehead atoms. The van der Waals surface area contributed by atoms with Crippen molar-refractivity contribution in [3.05, 3.63) is 47.8 Å². The van der Waals surface area contributed by atoms with Crippen LogP contribution in [0.2, 0.25) is 0 Å². The van der Waals surface area contributed by atoms with Crippen molar-refractivity contribution in [2.24, 2.45) is 0 Å². The van der Waals surface area contributed by atoms with E-state index in [4.69, 9.17) is 0 Å². The van der Waals surface area contributed by atoms with E-state index in [1.165, 1.54) is 37.3 Å². The third kappa shape index (κ3) is 6.46. The molecule has 2 saturated heterocycles. The van der Waals surface area contributed by atoms with Gasteiger partial charge in [0.05, 0.1) is 0 Å². The lowest BCUT2D eigenvalue weighted by Crippen LogP contribution is -2.45. The normalized spacial score (nSPS) is 19.5. The summed E-state index contributed by atoms with van der Waals surface area (Å²) in [5.74, 6) is 1.69. The van der Waals surface area contributed by atoms with Gasteiger partial charge in [-0.05, 0) is 36.3 Å². The molecule has 4 rings (SSSR count). The van der Waals surface area contributed by atoms with E-state index in [9.17, 15) is 0 Å². The number of hydrogen-bond donors (Lipinski definition) is 1. The lowest BCUT2D eigenvalue weighted by molar-refractivity contribution is 0.132. The van der Waals surface area contributed by atoms with Crippen molar-refractivity contribution in [1.29, 1.82) is 0 Å². The van der Waals surface area contributed by atoms with E-state index in [1.807, 2.05) is 12.4 Å². The molecule has 31 heavy (non-hydrogen) atoms. The van der Waals surface area contributed by atoms with Gasteiger partial charge in [0, 0.05) is 77.8 Å². The van der Waals surface area contributed by atoms with E-state index in [0.29, 0.717) is 0 Å². The quantitative estimate of drug-likeness (QED) is 0.700. The summed E-state index contributed by atoms with van der Waals surface area (Å²) in [6.45, 7) is 18.0. The Morgan fingerprint density at radius 2 is 1.00 bits per heavy atom. The molecule has 0 spiro atoms. The molecule has 0 saturated carbocycles. The zero-order valence-corrected chi connectivity index (χ0v) is 19.1. The predicted octanol–water partition coefficient (Wildman–Crippen LogP) is 2.50. The highest BCUT2D eigenvalue weighted by atomic mass is 15.3. The smallest absolute Gasteiger partial charge is 0.131 e. The highest BCUT2D eigenvalue weighted by Gasteiger charge is 2.16. The van der Waals surface area contributed by atoms with Gasteiger partial charge in [0.25, 0.3) is 0 Å². The van der Waals surface area contributed by atoms with E-state index >= 15 is 0 Å². The highest BCUT2D eigenvalue weighted by Crippen LogP contribution is 2.15. The Morgan fingerprint density at radius 1 is 0.613 bits per heavy atom. The first-order chi connectivity index (χ1) is 15.2. The number of piperazine rings is 2. The lowest BCUT2D eigenvalue weighted by Gasteiger charge is -2.34. The molecule has 0 unspecified atom stereocenters. The van der Waals surface area contributed by atoms with Gasteiger partial charge in [-0.1, -0.05) is 26.0 Å². The van der Waals surface area contributed by atoms with Crippen LogP contribution in [-0.2, 0) is 13.1 Å². The molecule has 2 aliphatic heterocycles. The van der Waals surface area contributed by atoms with Crippen LogP contribution in [0, 0.1) is 0 Å². The summed E-state index contributed by atoms with van der Waals surface area (Å²) in [6, 6.07) is 8.46. The van der Waals surface area contributed by atoms with E-state index in [2.05, 4.69) is 73.0 Å². The Morgan fingerprint density at radius 3 is 1.32 bits per heavy atom. The van der Waals surface area contributed by atoms with Crippen LogP contribution in [0.3, 0.4) is 0 Å². The van der Waals surface area contributed by atoms with Crippen molar-refractivity contribution in [3.8, 4) is 0 Å². The topological polar surface area (TPSA) is 50.8 Å². The number of hydrogen-bond acceptors (Lipinski definition) is 7. The van der Waals surface area contributed by atoms with Gasteiger partial charge in [0.1, 0.15) is 11.6 Å². The van der Waals surface area contributed by atoms with Crippen molar-refractivity contribution < 1.29 is 0 Å². The monoisotopic (exact) mass is 423 g/mol. The van der Waals surface area contributed by atoms with Crippen molar-refractivity contribution in [3.63, 3.8) is 0 Å². The number of nitrogens with zero attached hydrogens (tertiary/aromatic N) is 6. The molecule has 2 fully saturated rings. The summed E-state index contributed by atoms with van der Waals surface area (Å²) >= 11 is 0. The van der Waals surface area contributed by atoms with Crippen LogP contribution >= 0.6 is 0 Å². The number of rotatable bonds is 8. The molecule has 0 aromatic carbocycles. The lowest BCUT2D eigenvalue weighted by atomic mass is 10.2. The summed E-state index contributed by atoms with van der Waals surface area (Å²) in [7, 11) is 0. The minimum atomic E-state index is 0.843. The molecule has 0 aliphatic carbocycles. The molecule has 1 N–H and O–H groups in total. The zero-order chi connectivity index (χ0) is 21.5. The number of likely N-dealkylation sites (N-methyl/N-ethyl adjacent to an activating group) is 2. The Hall–Kier alpha value is -2.06. The number of nitrogens with one attached hydrogen (secondary N) is 1. The van der Waals surface area contributed by atoms with Gasteiger partial charge in [-0.15, -0.1) is 0 Å². The highest BCUT2D eigenvalue weighted by molar-refractivity contribution is 5.51.